The van der Waals surface area contributed by atoms with Crippen LogP contribution in [-0.4, -0.2) is 42.2 Å². The van der Waals surface area contributed by atoms with E-state index in [-0.39, 0.29) is 24.8 Å². The van der Waals surface area contributed by atoms with E-state index in [0.717, 1.165) is 38.8 Å². The lowest BCUT2D eigenvalue weighted by Crippen LogP contribution is -2.48. The van der Waals surface area contributed by atoms with Crippen LogP contribution in [0.2, 0.25) is 0 Å². The largest absolute Gasteiger partial charge is 0.381 e. The van der Waals surface area contributed by atoms with Gasteiger partial charge in [-0.05, 0) is 25.7 Å². The Balaban J connectivity index is 0.00000200. The van der Waals surface area contributed by atoms with E-state index < -0.39 is 0 Å². The number of aryl methyl sites for hydroxylation is 1. The second-order valence-electron chi connectivity index (χ2n) is 5.22. The minimum atomic E-state index is 0. The molecule has 21 heavy (non-hydrogen) atoms. The molecule has 0 aliphatic carbocycles. The topological polar surface area (TPSA) is 51.4 Å². The molecule has 0 amide bonds. The van der Waals surface area contributed by atoms with E-state index in [9.17, 15) is 0 Å². The SMILES string of the molecule is CCCc1nc(CN2CCC(OC)CC2CN)cs1.Cl.Cl. The lowest BCUT2D eigenvalue weighted by molar-refractivity contribution is 0.00983. The van der Waals surface area contributed by atoms with Gasteiger partial charge in [0.1, 0.15) is 0 Å². The third-order valence-corrected chi connectivity index (χ3v) is 4.78. The zero-order chi connectivity index (χ0) is 13.7. The minimum Gasteiger partial charge on any atom is -0.381 e. The van der Waals surface area contributed by atoms with E-state index in [0.29, 0.717) is 18.7 Å². The van der Waals surface area contributed by atoms with Gasteiger partial charge in [0.15, 0.2) is 0 Å². The van der Waals surface area contributed by atoms with Crippen LogP contribution in [0.1, 0.15) is 36.9 Å². The molecule has 2 rings (SSSR count). The van der Waals surface area contributed by atoms with Crippen LogP contribution < -0.4 is 5.73 Å². The van der Waals surface area contributed by atoms with E-state index in [1.54, 1.807) is 18.4 Å². The molecule has 2 atom stereocenters. The molecular formula is C14H27Cl2N3OS. The fraction of sp³-hybridized carbons (Fsp3) is 0.786. The van der Waals surface area contributed by atoms with Gasteiger partial charge >= 0.3 is 0 Å². The number of thiazole rings is 1. The molecule has 1 aromatic heterocycles. The van der Waals surface area contributed by atoms with E-state index in [1.165, 1.54) is 10.7 Å². The van der Waals surface area contributed by atoms with Gasteiger partial charge in [-0.25, -0.2) is 4.98 Å². The lowest BCUT2D eigenvalue weighted by atomic mass is 9.99. The number of likely N-dealkylation sites (tertiary alicyclic amines) is 1. The number of hydrogen-bond donors (Lipinski definition) is 1. The molecule has 0 radical (unpaired) electrons. The number of nitrogens with zero attached hydrogens (tertiary/aromatic N) is 2. The van der Waals surface area contributed by atoms with Gasteiger partial charge in [-0.3, -0.25) is 4.90 Å². The molecule has 4 nitrogen and oxygen atoms in total. The highest BCUT2D eigenvalue weighted by Crippen LogP contribution is 2.22. The Morgan fingerprint density at radius 2 is 2.24 bits per heavy atom. The maximum Gasteiger partial charge on any atom is 0.0928 e. The van der Waals surface area contributed by atoms with Crippen molar-refractivity contribution in [3.8, 4) is 0 Å². The molecule has 1 aliphatic rings. The van der Waals surface area contributed by atoms with Gasteiger partial charge in [-0.2, -0.15) is 0 Å². The normalized spacial score (nSPS) is 22.4. The summed E-state index contributed by atoms with van der Waals surface area (Å²) in [5.74, 6) is 0. The molecule has 2 N–H and O–H groups in total. The molecule has 2 heterocycles. The fourth-order valence-electron chi connectivity index (χ4n) is 2.69. The number of aromatic nitrogens is 1. The summed E-state index contributed by atoms with van der Waals surface area (Å²) in [6, 6.07) is 0.426. The van der Waals surface area contributed by atoms with Gasteiger partial charge in [0.25, 0.3) is 0 Å². The molecule has 0 spiro atoms. The van der Waals surface area contributed by atoms with Crippen molar-refractivity contribution in [2.75, 3.05) is 20.2 Å². The summed E-state index contributed by atoms with van der Waals surface area (Å²) >= 11 is 1.78. The summed E-state index contributed by atoms with van der Waals surface area (Å²) in [7, 11) is 1.80. The quantitative estimate of drug-likeness (QED) is 0.852. The maximum atomic E-state index is 5.90. The predicted molar refractivity (Wildman–Crippen MR) is 93.9 cm³/mol. The molecule has 1 aromatic rings. The van der Waals surface area contributed by atoms with Crippen molar-refractivity contribution in [2.45, 2.75) is 51.3 Å². The zero-order valence-corrected chi connectivity index (χ0v) is 15.2. The monoisotopic (exact) mass is 355 g/mol. The molecular weight excluding hydrogens is 329 g/mol. The maximum absolute atomic E-state index is 5.90. The Kier molecular flexibility index (Phi) is 10.8. The van der Waals surface area contributed by atoms with Gasteiger partial charge in [0.05, 0.1) is 16.8 Å². The molecule has 1 saturated heterocycles. The van der Waals surface area contributed by atoms with Crippen LogP contribution in [0.4, 0.5) is 0 Å². The van der Waals surface area contributed by atoms with Crippen molar-refractivity contribution in [1.29, 1.82) is 0 Å². The summed E-state index contributed by atoms with van der Waals surface area (Å²) in [6.07, 6.45) is 4.77. The van der Waals surface area contributed by atoms with Crippen LogP contribution in [0.3, 0.4) is 0 Å². The number of piperidine rings is 1. The number of rotatable bonds is 6. The first-order valence-corrected chi connectivity index (χ1v) is 8.05. The Morgan fingerprint density at radius 1 is 1.48 bits per heavy atom. The highest BCUT2D eigenvalue weighted by atomic mass is 35.5. The van der Waals surface area contributed by atoms with E-state index in [4.69, 9.17) is 15.5 Å². The Morgan fingerprint density at radius 3 is 2.86 bits per heavy atom. The standard InChI is InChI=1S/C14H25N3OS.2ClH/c1-3-4-14-16-11(10-19-14)9-17-6-5-13(18-2)7-12(17)8-15;;/h10,12-13H,3-9,15H2,1-2H3;2*1H. The predicted octanol–water partition coefficient (Wildman–Crippen LogP) is 2.88. The smallest absolute Gasteiger partial charge is 0.0928 e. The van der Waals surface area contributed by atoms with Crippen molar-refractivity contribution in [3.05, 3.63) is 16.1 Å². The third-order valence-electron chi connectivity index (χ3n) is 3.82. The first kappa shape index (κ1) is 21.1. The number of methoxy groups -OCH3 is 1. The van der Waals surface area contributed by atoms with Crippen LogP contribution in [0.15, 0.2) is 5.38 Å². The van der Waals surface area contributed by atoms with E-state index in [1.807, 2.05) is 0 Å². The van der Waals surface area contributed by atoms with Crippen LogP contribution in [0.5, 0.6) is 0 Å². The van der Waals surface area contributed by atoms with Crippen LogP contribution in [0.25, 0.3) is 0 Å². The average Bonchev–Trinajstić information content (AvgIpc) is 2.87. The summed E-state index contributed by atoms with van der Waals surface area (Å²) in [5, 5.41) is 3.45. The average molecular weight is 356 g/mol. The van der Waals surface area contributed by atoms with Crippen LogP contribution in [-0.2, 0) is 17.7 Å². The van der Waals surface area contributed by atoms with Gasteiger partial charge in [0.2, 0.25) is 0 Å². The summed E-state index contributed by atoms with van der Waals surface area (Å²) < 4.78 is 5.46. The van der Waals surface area contributed by atoms with Gasteiger partial charge in [0, 0.05) is 38.2 Å². The summed E-state index contributed by atoms with van der Waals surface area (Å²) in [4.78, 5) is 7.17. The molecule has 2 unspecified atom stereocenters. The Hall–Kier alpha value is 0.0900. The van der Waals surface area contributed by atoms with Crippen molar-refractivity contribution in [1.82, 2.24) is 9.88 Å². The molecule has 0 aromatic carbocycles. The molecule has 1 fully saturated rings. The highest BCUT2D eigenvalue weighted by molar-refractivity contribution is 7.09. The molecule has 0 bridgehead atoms. The first-order valence-electron chi connectivity index (χ1n) is 7.17. The van der Waals surface area contributed by atoms with Crippen LogP contribution >= 0.6 is 36.2 Å². The van der Waals surface area contributed by atoms with Crippen LogP contribution in [0, 0.1) is 0 Å². The first-order chi connectivity index (χ1) is 9.26. The van der Waals surface area contributed by atoms with E-state index >= 15 is 0 Å². The summed E-state index contributed by atoms with van der Waals surface area (Å²) in [6.45, 7) is 4.88. The third kappa shape index (κ3) is 6.00. The number of ether oxygens (including phenoxy) is 1. The molecule has 124 valence electrons. The number of halogens is 2. The Labute approximate surface area is 144 Å². The van der Waals surface area contributed by atoms with Crippen molar-refractivity contribution in [3.63, 3.8) is 0 Å². The zero-order valence-electron chi connectivity index (χ0n) is 12.8. The van der Waals surface area contributed by atoms with Gasteiger partial charge < -0.3 is 10.5 Å². The van der Waals surface area contributed by atoms with Crippen molar-refractivity contribution in [2.24, 2.45) is 5.73 Å². The van der Waals surface area contributed by atoms with Crippen molar-refractivity contribution < 1.29 is 4.74 Å². The second kappa shape index (κ2) is 10.8. The number of nitrogens with two attached hydrogens (primary N) is 1. The minimum absolute atomic E-state index is 0. The van der Waals surface area contributed by atoms with Gasteiger partial charge in [-0.15, -0.1) is 36.2 Å². The summed E-state index contributed by atoms with van der Waals surface area (Å²) in [5.41, 5.74) is 7.10. The van der Waals surface area contributed by atoms with Crippen molar-refractivity contribution >= 4 is 36.2 Å². The molecule has 7 heteroatoms. The highest BCUT2D eigenvalue weighted by Gasteiger charge is 2.27. The second-order valence-corrected chi connectivity index (χ2v) is 6.17. The van der Waals surface area contributed by atoms with E-state index in [2.05, 4.69) is 17.2 Å². The molecule has 1 aliphatic heterocycles. The van der Waals surface area contributed by atoms with Gasteiger partial charge in [-0.1, -0.05) is 6.92 Å². The fourth-order valence-corrected chi connectivity index (χ4v) is 3.58. The Bertz CT molecular complexity index is 392. The lowest BCUT2D eigenvalue weighted by Gasteiger charge is -2.38. The number of hydrogen-bond acceptors (Lipinski definition) is 5. The molecule has 0 saturated carbocycles.